The van der Waals surface area contributed by atoms with Crippen molar-refractivity contribution in [2.45, 2.75) is 85.5 Å². The summed E-state index contributed by atoms with van der Waals surface area (Å²) in [5.74, 6) is 1.89. The molecule has 0 amide bonds. The summed E-state index contributed by atoms with van der Waals surface area (Å²) in [5, 5.41) is 0. The first-order chi connectivity index (χ1) is 10.9. The lowest BCUT2D eigenvalue weighted by Crippen LogP contribution is -2.71. The molecule has 126 valence electrons. The second kappa shape index (κ2) is 4.00. The van der Waals surface area contributed by atoms with Crippen molar-refractivity contribution < 1.29 is 0 Å². The van der Waals surface area contributed by atoms with Gasteiger partial charge in [0.15, 0.2) is 0 Å². The summed E-state index contributed by atoms with van der Waals surface area (Å²) < 4.78 is 0. The monoisotopic (exact) mass is 310 g/mol. The maximum Gasteiger partial charge on any atom is 0.00455 e. The molecular weight excluding hydrogens is 276 g/mol. The molecule has 0 N–H and O–H groups in total. The Hall–Kier alpha value is -0.520. The van der Waals surface area contributed by atoms with Gasteiger partial charge in [0.05, 0.1) is 0 Å². The fourth-order valence-electron chi connectivity index (χ4n) is 8.66. The lowest BCUT2D eigenvalue weighted by Gasteiger charge is -2.80. The summed E-state index contributed by atoms with van der Waals surface area (Å²) in [6.45, 7) is 14.7. The summed E-state index contributed by atoms with van der Waals surface area (Å²) in [7, 11) is 0. The van der Waals surface area contributed by atoms with Gasteiger partial charge in [-0.15, -0.1) is 0 Å². The Morgan fingerprint density at radius 3 is 2.57 bits per heavy atom. The van der Waals surface area contributed by atoms with E-state index in [-0.39, 0.29) is 0 Å². The van der Waals surface area contributed by atoms with Gasteiger partial charge in [-0.3, -0.25) is 0 Å². The standard InChI is InChI=1S/C23H34/c1-6-22-10-7-15(2)13-17(22)18-14-19-21(5)9-8-16(3)20(21,4)11-12-23(18,19)22/h15,19H,3,6-14H2,1-2,4-5H3/t15?,19?,20?,21-,22?,23+/m0/s1. The maximum absolute atomic E-state index is 4.52. The first-order valence-corrected chi connectivity index (χ1v) is 10.3. The van der Waals surface area contributed by atoms with Crippen LogP contribution < -0.4 is 0 Å². The van der Waals surface area contributed by atoms with Gasteiger partial charge in [-0.1, -0.05) is 51.0 Å². The maximum atomic E-state index is 4.52. The van der Waals surface area contributed by atoms with E-state index in [1.165, 1.54) is 57.8 Å². The molecule has 4 fully saturated rings. The van der Waals surface area contributed by atoms with Crippen molar-refractivity contribution in [1.29, 1.82) is 0 Å². The Labute approximate surface area is 142 Å². The van der Waals surface area contributed by atoms with Crippen LogP contribution in [0.25, 0.3) is 0 Å². The minimum atomic E-state index is 0.432. The number of rotatable bonds is 1. The largest absolute Gasteiger partial charge is 0.0993 e. The zero-order valence-corrected chi connectivity index (χ0v) is 15.7. The molecule has 0 aromatic heterocycles. The minimum absolute atomic E-state index is 0.432. The molecule has 1 spiro atoms. The molecule has 5 rings (SSSR count). The predicted octanol–water partition coefficient (Wildman–Crippen LogP) is 6.68. The Balaban J connectivity index is 1.63. The Kier molecular flexibility index (Phi) is 2.57. The van der Waals surface area contributed by atoms with Crippen LogP contribution in [-0.4, -0.2) is 0 Å². The topological polar surface area (TPSA) is 0 Å². The van der Waals surface area contributed by atoms with E-state index in [9.17, 15) is 0 Å². The van der Waals surface area contributed by atoms with Gasteiger partial charge in [-0.25, -0.2) is 0 Å². The molecule has 5 aliphatic carbocycles. The van der Waals surface area contributed by atoms with E-state index >= 15 is 0 Å². The first kappa shape index (κ1) is 14.8. The fourth-order valence-corrected chi connectivity index (χ4v) is 8.66. The molecule has 4 saturated carbocycles. The molecule has 23 heavy (non-hydrogen) atoms. The van der Waals surface area contributed by atoms with E-state index < -0.39 is 0 Å². The molecule has 0 aromatic carbocycles. The van der Waals surface area contributed by atoms with Gasteiger partial charge in [0.25, 0.3) is 0 Å². The molecule has 0 heterocycles. The zero-order valence-electron chi connectivity index (χ0n) is 15.7. The van der Waals surface area contributed by atoms with E-state index in [0.29, 0.717) is 21.7 Å². The summed E-state index contributed by atoms with van der Waals surface area (Å²) in [6.07, 6.45) is 12.8. The predicted molar refractivity (Wildman–Crippen MR) is 97.1 cm³/mol. The lowest BCUT2D eigenvalue weighted by molar-refractivity contribution is -0.198. The highest BCUT2D eigenvalue weighted by atomic mass is 14.8. The second-order valence-corrected chi connectivity index (χ2v) is 10.3. The average molecular weight is 311 g/mol. The fraction of sp³-hybridized carbons (Fsp3) is 0.826. The van der Waals surface area contributed by atoms with Crippen molar-refractivity contribution in [1.82, 2.24) is 0 Å². The molecular formula is C23H34. The highest BCUT2D eigenvalue weighted by molar-refractivity contribution is 5.54. The van der Waals surface area contributed by atoms with Crippen LogP contribution >= 0.6 is 0 Å². The molecule has 0 aliphatic heterocycles. The summed E-state index contributed by atoms with van der Waals surface area (Å²) in [5.41, 5.74) is 7.72. The minimum Gasteiger partial charge on any atom is -0.0993 e. The van der Waals surface area contributed by atoms with E-state index in [2.05, 4.69) is 34.3 Å². The average Bonchev–Trinajstić information content (AvgIpc) is 2.74. The molecule has 0 radical (unpaired) electrons. The quantitative estimate of drug-likeness (QED) is 0.474. The lowest BCUT2D eigenvalue weighted by atomic mass is 9.24. The van der Waals surface area contributed by atoms with Gasteiger partial charge in [0, 0.05) is 10.8 Å². The smallest absolute Gasteiger partial charge is 0.00455 e. The highest BCUT2D eigenvalue weighted by Gasteiger charge is 2.78. The second-order valence-electron chi connectivity index (χ2n) is 10.3. The van der Waals surface area contributed by atoms with Crippen LogP contribution in [0.3, 0.4) is 0 Å². The normalized spacial score (nSPS) is 57.0. The van der Waals surface area contributed by atoms with Crippen LogP contribution in [0.1, 0.15) is 85.5 Å². The molecule has 0 aromatic rings. The van der Waals surface area contributed by atoms with E-state index in [0.717, 1.165) is 11.8 Å². The SMILES string of the molecule is C=C1CC[C@@]2(C)C3CC4=C5CC(C)CCC5(CC)[C@]43CCC12C. The van der Waals surface area contributed by atoms with Crippen molar-refractivity contribution in [3.63, 3.8) is 0 Å². The molecule has 6 atom stereocenters. The van der Waals surface area contributed by atoms with Crippen molar-refractivity contribution in [3.8, 4) is 0 Å². The molecule has 0 bridgehead atoms. The summed E-state index contributed by atoms with van der Waals surface area (Å²) >= 11 is 0. The third-order valence-electron chi connectivity index (χ3n) is 10.3. The highest BCUT2D eigenvalue weighted by Crippen LogP contribution is 2.87. The van der Waals surface area contributed by atoms with Gasteiger partial charge in [0.2, 0.25) is 0 Å². The van der Waals surface area contributed by atoms with Gasteiger partial charge >= 0.3 is 0 Å². The first-order valence-electron chi connectivity index (χ1n) is 10.3. The number of fused-ring (bicyclic) bond motifs is 3. The van der Waals surface area contributed by atoms with Crippen LogP contribution in [-0.2, 0) is 0 Å². The van der Waals surface area contributed by atoms with Crippen LogP contribution in [0.2, 0.25) is 0 Å². The van der Waals surface area contributed by atoms with Gasteiger partial charge in [-0.2, -0.15) is 0 Å². The van der Waals surface area contributed by atoms with E-state index in [1.807, 2.05) is 11.1 Å². The Bertz CT molecular complexity index is 638. The van der Waals surface area contributed by atoms with Crippen molar-refractivity contribution >= 4 is 0 Å². The Morgan fingerprint density at radius 2 is 1.83 bits per heavy atom. The molecule has 4 unspecified atom stereocenters. The Morgan fingerprint density at radius 1 is 1.04 bits per heavy atom. The third kappa shape index (κ3) is 1.23. The van der Waals surface area contributed by atoms with E-state index in [4.69, 9.17) is 0 Å². The third-order valence-corrected chi connectivity index (χ3v) is 10.3. The van der Waals surface area contributed by atoms with Crippen LogP contribution in [0, 0.1) is 33.5 Å². The van der Waals surface area contributed by atoms with Crippen molar-refractivity contribution in [2.75, 3.05) is 0 Å². The molecule has 0 heteroatoms. The zero-order chi connectivity index (χ0) is 16.3. The van der Waals surface area contributed by atoms with Crippen molar-refractivity contribution in [2.24, 2.45) is 33.5 Å². The van der Waals surface area contributed by atoms with Gasteiger partial charge in [-0.05, 0) is 80.5 Å². The van der Waals surface area contributed by atoms with Gasteiger partial charge < -0.3 is 0 Å². The van der Waals surface area contributed by atoms with Gasteiger partial charge in [0.1, 0.15) is 0 Å². The molecule has 0 saturated heterocycles. The van der Waals surface area contributed by atoms with Crippen LogP contribution in [0.15, 0.2) is 23.3 Å². The number of hydrogen-bond acceptors (Lipinski definition) is 0. The molecule has 0 nitrogen and oxygen atoms in total. The summed E-state index contributed by atoms with van der Waals surface area (Å²) in [6, 6.07) is 0. The van der Waals surface area contributed by atoms with Crippen LogP contribution in [0.4, 0.5) is 0 Å². The number of allylic oxidation sites excluding steroid dienone is 3. The van der Waals surface area contributed by atoms with Crippen molar-refractivity contribution in [3.05, 3.63) is 23.3 Å². The summed E-state index contributed by atoms with van der Waals surface area (Å²) in [4.78, 5) is 0. The number of hydrogen-bond donors (Lipinski definition) is 0. The van der Waals surface area contributed by atoms with Crippen LogP contribution in [0.5, 0.6) is 0 Å². The van der Waals surface area contributed by atoms with E-state index in [1.54, 1.807) is 5.57 Å². The molecule has 5 aliphatic rings.